The Hall–Kier alpha value is -1.89. The first-order chi connectivity index (χ1) is 9.51. The molecule has 0 saturated heterocycles. The average molecular weight is 298 g/mol. The Balaban J connectivity index is 2.26. The van der Waals surface area contributed by atoms with Crippen LogP contribution in [0.25, 0.3) is 0 Å². The Morgan fingerprint density at radius 3 is 2.45 bits per heavy atom. The summed E-state index contributed by atoms with van der Waals surface area (Å²) in [4.78, 5) is 11.9. The molecular weight excluding hydrogens is 282 g/mol. The van der Waals surface area contributed by atoms with E-state index >= 15 is 0 Å². The molecule has 0 aromatic carbocycles. The van der Waals surface area contributed by atoms with Gasteiger partial charge < -0.3 is 9.47 Å². The Morgan fingerprint density at radius 2 is 1.85 bits per heavy atom. The highest BCUT2D eigenvalue weighted by atomic mass is 35.5. The van der Waals surface area contributed by atoms with Gasteiger partial charge in [0.2, 0.25) is 5.28 Å². The lowest BCUT2D eigenvalue weighted by atomic mass is 10.3. The zero-order chi connectivity index (χ0) is 14.7. The van der Waals surface area contributed by atoms with E-state index in [9.17, 15) is 0 Å². The number of aryl methyl sites for hydroxylation is 2. The van der Waals surface area contributed by atoms with Crippen molar-refractivity contribution in [3.63, 3.8) is 0 Å². The van der Waals surface area contributed by atoms with Gasteiger partial charge in [0, 0.05) is 7.05 Å². The minimum atomic E-state index is 0.0281. The van der Waals surface area contributed by atoms with Gasteiger partial charge >= 0.3 is 12.0 Å². The normalized spacial score (nSPS) is 10.7. The molecule has 0 N–H and O–H groups in total. The molecule has 2 aromatic heterocycles. The first-order valence-electron chi connectivity index (χ1n) is 6.23. The summed E-state index contributed by atoms with van der Waals surface area (Å²) in [5.74, 6) is 0.608. The molecule has 0 aliphatic carbocycles. The van der Waals surface area contributed by atoms with E-state index in [1.54, 1.807) is 4.68 Å². The van der Waals surface area contributed by atoms with Crippen LogP contribution in [-0.4, -0.2) is 31.3 Å². The Morgan fingerprint density at radius 1 is 1.15 bits per heavy atom. The van der Waals surface area contributed by atoms with Crippen LogP contribution in [0.5, 0.6) is 17.8 Å². The molecule has 7 nitrogen and oxygen atoms in total. The van der Waals surface area contributed by atoms with Crippen LogP contribution in [0.15, 0.2) is 0 Å². The first kappa shape index (κ1) is 14.5. The molecule has 0 atom stereocenters. The van der Waals surface area contributed by atoms with Crippen LogP contribution in [0.3, 0.4) is 0 Å². The van der Waals surface area contributed by atoms with Gasteiger partial charge in [-0.05, 0) is 31.9 Å². The standard InChI is InChI=1S/C12H16ClN5O2/c1-5-6-19-11-14-10(13)15-12(16-11)20-9-7(2)17-18(4)8(9)3/h5-6H2,1-4H3. The van der Waals surface area contributed by atoms with E-state index in [4.69, 9.17) is 21.1 Å². The van der Waals surface area contributed by atoms with Gasteiger partial charge in [-0.2, -0.15) is 15.1 Å². The maximum absolute atomic E-state index is 5.84. The zero-order valence-electron chi connectivity index (χ0n) is 11.8. The van der Waals surface area contributed by atoms with E-state index in [-0.39, 0.29) is 17.3 Å². The molecule has 2 rings (SSSR count). The van der Waals surface area contributed by atoms with Crippen molar-refractivity contribution in [2.24, 2.45) is 7.05 Å². The van der Waals surface area contributed by atoms with Gasteiger partial charge in [0.25, 0.3) is 0 Å². The minimum absolute atomic E-state index is 0.0281. The number of hydrogen-bond donors (Lipinski definition) is 0. The molecule has 20 heavy (non-hydrogen) atoms. The molecule has 0 saturated carbocycles. The molecule has 0 fully saturated rings. The topological polar surface area (TPSA) is 75.0 Å². The lowest BCUT2D eigenvalue weighted by molar-refractivity contribution is 0.284. The van der Waals surface area contributed by atoms with E-state index in [1.165, 1.54) is 0 Å². The van der Waals surface area contributed by atoms with Crippen LogP contribution < -0.4 is 9.47 Å². The second-order valence-corrected chi connectivity index (χ2v) is 4.58. The van der Waals surface area contributed by atoms with Gasteiger partial charge in [-0.15, -0.1) is 4.98 Å². The summed E-state index contributed by atoms with van der Waals surface area (Å²) in [7, 11) is 1.84. The smallest absolute Gasteiger partial charge is 0.329 e. The summed E-state index contributed by atoms with van der Waals surface area (Å²) < 4.78 is 12.7. The van der Waals surface area contributed by atoms with E-state index in [2.05, 4.69) is 20.1 Å². The summed E-state index contributed by atoms with van der Waals surface area (Å²) in [6.45, 7) is 6.24. The number of nitrogens with zero attached hydrogens (tertiary/aromatic N) is 5. The van der Waals surface area contributed by atoms with Crippen molar-refractivity contribution in [3.8, 4) is 17.8 Å². The lowest BCUT2D eigenvalue weighted by Crippen LogP contribution is -2.03. The number of hydrogen-bond acceptors (Lipinski definition) is 6. The summed E-state index contributed by atoms with van der Waals surface area (Å²) in [6, 6.07) is 0.247. The number of ether oxygens (including phenoxy) is 2. The molecule has 108 valence electrons. The number of halogens is 1. The fraction of sp³-hybridized carbons (Fsp3) is 0.500. The third kappa shape index (κ3) is 3.16. The highest BCUT2D eigenvalue weighted by Crippen LogP contribution is 2.26. The molecular formula is C12H16ClN5O2. The van der Waals surface area contributed by atoms with Crippen molar-refractivity contribution in [1.29, 1.82) is 0 Å². The van der Waals surface area contributed by atoms with Crippen molar-refractivity contribution < 1.29 is 9.47 Å². The second-order valence-electron chi connectivity index (χ2n) is 4.24. The molecule has 0 aliphatic heterocycles. The van der Waals surface area contributed by atoms with Gasteiger partial charge in [0.05, 0.1) is 12.3 Å². The fourth-order valence-electron chi connectivity index (χ4n) is 1.61. The quantitative estimate of drug-likeness (QED) is 0.844. The summed E-state index contributed by atoms with van der Waals surface area (Å²) in [5.41, 5.74) is 1.62. The Bertz CT molecular complexity index is 614. The van der Waals surface area contributed by atoms with Crippen LogP contribution in [0.2, 0.25) is 5.28 Å². The predicted molar refractivity (Wildman–Crippen MR) is 73.4 cm³/mol. The van der Waals surface area contributed by atoms with Crippen LogP contribution in [-0.2, 0) is 7.05 Å². The van der Waals surface area contributed by atoms with Crippen LogP contribution >= 0.6 is 11.6 Å². The molecule has 0 unspecified atom stereocenters. The minimum Gasteiger partial charge on any atom is -0.463 e. The summed E-state index contributed by atoms with van der Waals surface area (Å²) in [5, 5.41) is 4.29. The van der Waals surface area contributed by atoms with Crippen molar-refractivity contribution >= 4 is 11.6 Å². The number of aromatic nitrogens is 5. The number of rotatable bonds is 5. The SMILES string of the molecule is CCCOc1nc(Cl)nc(Oc2c(C)nn(C)c2C)n1. The summed E-state index contributed by atoms with van der Waals surface area (Å²) in [6.07, 6.45) is 0.848. The van der Waals surface area contributed by atoms with Crippen molar-refractivity contribution in [3.05, 3.63) is 16.7 Å². The molecule has 0 bridgehead atoms. The van der Waals surface area contributed by atoms with E-state index in [0.29, 0.717) is 12.4 Å². The predicted octanol–water partition coefficient (Wildman–Crippen LogP) is 2.46. The maximum atomic E-state index is 5.84. The molecule has 0 radical (unpaired) electrons. The maximum Gasteiger partial charge on any atom is 0.329 e. The third-order valence-corrected chi connectivity index (χ3v) is 2.81. The zero-order valence-corrected chi connectivity index (χ0v) is 12.6. The Labute approximate surface area is 121 Å². The van der Waals surface area contributed by atoms with Crippen LogP contribution in [0.1, 0.15) is 24.7 Å². The molecule has 0 amide bonds. The molecule has 0 spiro atoms. The second kappa shape index (κ2) is 6.04. The van der Waals surface area contributed by atoms with Crippen LogP contribution in [0, 0.1) is 13.8 Å². The van der Waals surface area contributed by atoms with E-state index < -0.39 is 0 Å². The van der Waals surface area contributed by atoms with Gasteiger partial charge in [-0.1, -0.05) is 6.92 Å². The molecule has 8 heteroatoms. The van der Waals surface area contributed by atoms with Gasteiger partial charge in [0.15, 0.2) is 5.75 Å². The lowest BCUT2D eigenvalue weighted by Gasteiger charge is -2.06. The third-order valence-electron chi connectivity index (χ3n) is 2.64. The molecule has 2 aromatic rings. The van der Waals surface area contributed by atoms with Gasteiger partial charge in [0.1, 0.15) is 5.69 Å². The first-order valence-corrected chi connectivity index (χ1v) is 6.61. The van der Waals surface area contributed by atoms with E-state index in [1.807, 2.05) is 27.8 Å². The van der Waals surface area contributed by atoms with Crippen molar-refractivity contribution in [2.45, 2.75) is 27.2 Å². The highest BCUT2D eigenvalue weighted by Gasteiger charge is 2.15. The average Bonchev–Trinajstić information content (AvgIpc) is 2.62. The van der Waals surface area contributed by atoms with Crippen LogP contribution in [0.4, 0.5) is 0 Å². The molecule has 2 heterocycles. The van der Waals surface area contributed by atoms with Crippen molar-refractivity contribution in [2.75, 3.05) is 6.61 Å². The highest BCUT2D eigenvalue weighted by molar-refractivity contribution is 6.28. The van der Waals surface area contributed by atoms with Gasteiger partial charge in [-0.3, -0.25) is 4.68 Å². The monoisotopic (exact) mass is 297 g/mol. The largest absolute Gasteiger partial charge is 0.463 e. The molecule has 0 aliphatic rings. The Kier molecular flexibility index (Phi) is 4.39. The fourth-order valence-corrected chi connectivity index (χ4v) is 1.76. The van der Waals surface area contributed by atoms with Crippen molar-refractivity contribution in [1.82, 2.24) is 24.7 Å². The van der Waals surface area contributed by atoms with E-state index in [0.717, 1.165) is 17.8 Å². The summed E-state index contributed by atoms with van der Waals surface area (Å²) >= 11 is 5.84. The van der Waals surface area contributed by atoms with Gasteiger partial charge in [-0.25, -0.2) is 0 Å².